The van der Waals surface area contributed by atoms with Gasteiger partial charge in [0.05, 0.1) is 16.6 Å². The van der Waals surface area contributed by atoms with Crippen molar-refractivity contribution in [3.05, 3.63) is 85.1 Å². The van der Waals surface area contributed by atoms with E-state index in [1.54, 1.807) is 34.0 Å². The summed E-state index contributed by atoms with van der Waals surface area (Å²) < 4.78 is 24.2. The van der Waals surface area contributed by atoms with Crippen LogP contribution >= 0.6 is 45.3 Å². The molecule has 318 valence electrons. The molecule has 60 heavy (non-hydrogen) atoms. The molecule has 0 saturated heterocycles. The van der Waals surface area contributed by atoms with Crippen LogP contribution in [0, 0.1) is 27.7 Å². The van der Waals surface area contributed by atoms with Crippen LogP contribution in [0.1, 0.15) is 104 Å². The molecule has 2 aliphatic rings. The summed E-state index contributed by atoms with van der Waals surface area (Å²) in [5, 5.41) is 4.07. The molecule has 0 fully saturated rings. The van der Waals surface area contributed by atoms with Crippen molar-refractivity contribution in [3.63, 3.8) is 0 Å². The lowest BCUT2D eigenvalue weighted by Gasteiger charge is -2.48. The molecule has 1 aromatic carbocycles. The molecule has 2 aliphatic heterocycles. The molecular formula is C47H56N2O6S4Si. The van der Waals surface area contributed by atoms with E-state index in [2.05, 4.69) is 95.1 Å². The monoisotopic (exact) mass is 900 g/mol. The molecule has 0 unspecified atom stereocenters. The van der Waals surface area contributed by atoms with Crippen molar-refractivity contribution in [1.29, 1.82) is 0 Å². The molecular weight excluding hydrogens is 845 g/mol. The van der Waals surface area contributed by atoms with E-state index in [0.29, 0.717) is 30.3 Å². The number of nitrogens with one attached hydrogen (secondary N) is 1. The lowest BCUT2D eigenvalue weighted by Crippen LogP contribution is -2.55. The van der Waals surface area contributed by atoms with E-state index < -0.39 is 8.80 Å². The molecule has 13 heteroatoms. The predicted molar refractivity (Wildman–Crippen MR) is 255 cm³/mol. The molecule has 0 spiro atoms. The normalized spacial score (nSPS) is 15.8. The summed E-state index contributed by atoms with van der Waals surface area (Å²) in [6, 6.07) is 13.2. The molecule has 0 radical (unpaired) electrons. The highest BCUT2D eigenvalue weighted by Crippen LogP contribution is 2.53. The summed E-state index contributed by atoms with van der Waals surface area (Å²) in [5.41, 5.74) is 9.36. The third-order valence-corrected chi connectivity index (χ3v) is 20.4. The number of hydrogen-bond donors (Lipinski definition) is 1. The molecule has 0 bridgehead atoms. The first-order valence-corrected chi connectivity index (χ1v) is 26.2. The summed E-state index contributed by atoms with van der Waals surface area (Å²) >= 11 is 6.75. The molecule has 0 atom stereocenters. The van der Waals surface area contributed by atoms with Crippen LogP contribution in [0.4, 0.5) is 5.69 Å². The van der Waals surface area contributed by atoms with Crippen LogP contribution in [0.3, 0.4) is 0 Å². The minimum atomic E-state index is -3.03. The Balaban J connectivity index is 1.08. The van der Waals surface area contributed by atoms with Crippen molar-refractivity contribution >= 4 is 76.7 Å². The van der Waals surface area contributed by atoms with E-state index in [0.717, 1.165) is 57.8 Å². The summed E-state index contributed by atoms with van der Waals surface area (Å²) in [5.74, 6) is -0.145. The van der Waals surface area contributed by atoms with Gasteiger partial charge in [-0.15, -0.1) is 45.3 Å². The van der Waals surface area contributed by atoms with Gasteiger partial charge in [0, 0.05) is 83.7 Å². The number of fused-ring (bicyclic) bond motifs is 2. The maximum absolute atomic E-state index is 14.0. The number of benzene rings is 1. The number of aryl methyl sites for hydroxylation is 4. The van der Waals surface area contributed by atoms with Gasteiger partial charge in [-0.2, -0.15) is 0 Å². The van der Waals surface area contributed by atoms with Crippen molar-refractivity contribution in [2.24, 2.45) is 0 Å². The lowest BCUT2D eigenvalue weighted by atomic mass is 9.69. The third kappa shape index (κ3) is 7.71. The molecule has 0 saturated carbocycles. The Morgan fingerprint density at radius 2 is 1.22 bits per heavy atom. The van der Waals surface area contributed by atoms with Gasteiger partial charge in [-0.25, -0.2) is 4.79 Å². The SMILES string of the molecule is CCO[Si](CNC(=O)c1sc(-c2sc(-c3sc(-c4sc(-c5cc6cc7c8c(c6oc5=O)C(C)(C)CCN8CCC7(C)C)cc4C)cc3C)cc2C)cc1C)(OCC)OCC. The Morgan fingerprint density at radius 1 is 0.717 bits per heavy atom. The van der Waals surface area contributed by atoms with E-state index in [1.165, 1.54) is 63.7 Å². The number of nitrogens with zero attached hydrogens (tertiary/aromatic N) is 1. The van der Waals surface area contributed by atoms with Crippen LogP contribution in [-0.4, -0.2) is 53.8 Å². The molecule has 8 nitrogen and oxygen atoms in total. The second-order valence-corrected chi connectivity index (χ2v) is 24.2. The van der Waals surface area contributed by atoms with Crippen LogP contribution in [0.5, 0.6) is 0 Å². The highest BCUT2D eigenvalue weighted by Gasteiger charge is 2.43. The predicted octanol–water partition coefficient (Wildman–Crippen LogP) is 12.4. The maximum Gasteiger partial charge on any atom is 0.521 e. The van der Waals surface area contributed by atoms with Crippen molar-refractivity contribution in [2.45, 2.75) is 99.8 Å². The minimum absolute atomic E-state index is 0.0392. The largest absolute Gasteiger partial charge is 0.521 e. The van der Waals surface area contributed by atoms with Crippen molar-refractivity contribution in [3.8, 4) is 39.7 Å². The molecule has 8 rings (SSSR count). The Morgan fingerprint density at radius 3 is 1.78 bits per heavy atom. The zero-order valence-corrected chi connectivity index (χ0v) is 40.9. The maximum atomic E-state index is 14.0. The Bertz CT molecular complexity index is 2660. The van der Waals surface area contributed by atoms with Gasteiger partial charge in [-0.1, -0.05) is 27.7 Å². The van der Waals surface area contributed by atoms with Gasteiger partial charge in [0.15, 0.2) is 0 Å². The van der Waals surface area contributed by atoms with Crippen molar-refractivity contribution in [2.75, 3.05) is 44.0 Å². The van der Waals surface area contributed by atoms with E-state index in [4.69, 9.17) is 17.7 Å². The van der Waals surface area contributed by atoms with E-state index in [1.807, 2.05) is 27.7 Å². The number of carbonyl (C=O) groups is 1. The zero-order valence-electron chi connectivity index (χ0n) is 36.7. The first-order valence-electron chi connectivity index (χ1n) is 21.0. The number of carbonyl (C=O) groups excluding carboxylic acids is 1. The summed E-state index contributed by atoms with van der Waals surface area (Å²) in [6.45, 7) is 26.9. The third-order valence-electron chi connectivity index (χ3n) is 12.1. The average Bonchev–Trinajstić information content (AvgIpc) is 3.97. The highest BCUT2D eigenvalue weighted by molar-refractivity contribution is 7.29. The molecule has 0 aliphatic carbocycles. The first-order chi connectivity index (χ1) is 28.5. The van der Waals surface area contributed by atoms with Gasteiger partial charge < -0.3 is 27.9 Å². The average molecular weight is 901 g/mol. The van der Waals surface area contributed by atoms with Crippen LogP contribution in [0.15, 0.2) is 45.6 Å². The van der Waals surface area contributed by atoms with Crippen LogP contribution in [0.2, 0.25) is 0 Å². The fourth-order valence-electron chi connectivity index (χ4n) is 8.89. The number of thiophene rings is 4. The topological polar surface area (TPSA) is 90.2 Å². The Labute approximate surface area is 370 Å². The zero-order chi connectivity index (χ0) is 42.9. The first kappa shape index (κ1) is 43.3. The van der Waals surface area contributed by atoms with Crippen LogP contribution in [0.25, 0.3) is 50.7 Å². The van der Waals surface area contributed by atoms with Gasteiger partial charge in [-0.05, 0) is 136 Å². The highest BCUT2D eigenvalue weighted by atomic mass is 32.1. The summed E-state index contributed by atoms with van der Waals surface area (Å²) in [4.78, 5) is 38.7. The van der Waals surface area contributed by atoms with Gasteiger partial charge in [-0.3, -0.25) is 4.79 Å². The van der Waals surface area contributed by atoms with E-state index >= 15 is 0 Å². The molecule has 5 aromatic heterocycles. The number of hydrogen-bond acceptors (Lipinski definition) is 11. The summed E-state index contributed by atoms with van der Waals surface area (Å²) in [6.07, 6.45) is 2.35. The van der Waals surface area contributed by atoms with Gasteiger partial charge in [0.25, 0.3) is 5.91 Å². The number of rotatable bonds is 13. The van der Waals surface area contributed by atoms with Crippen LogP contribution < -0.4 is 15.8 Å². The second-order valence-electron chi connectivity index (χ2n) is 17.4. The minimum Gasteiger partial charge on any atom is -0.422 e. The van der Waals surface area contributed by atoms with Gasteiger partial charge in [0.2, 0.25) is 0 Å². The molecule has 6 aromatic rings. The van der Waals surface area contributed by atoms with Crippen molar-refractivity contribution in [1.82, 2.24) is 5.32 Å². The fourth-order valence-corrected chi connectivity index (χ4v) is 16.2. The van der Waals surface area contributed by atoms with E-state index in [9.17, 15) is 9.59 Å². The van der Waals surface area contributed by atoms with Gasteiger partial charge in [0.1, 0.15) is 5.58 Å². The Hall–Kier alpha value is -3.40. The lowest BCUT2D eigenvalue weighted by molar-refractivity contribution is 0.0672. The quantitative estimate of drug-likeness (QED) is 0.0912. The molecule has 1 amide bonds. The molecule has 1 N–H and O–H groups in total. The Kier molecular flexibility index (Phi) is 11.8. The standard InChI is InChI=1S/C47H56N2O6S4Si/c1-12-52-60(53-13-2,54-14-3)25-48-44(50)43-29(7)22-36(59-43)42-28(6)21-35(58-42)41-27(5)20-34(57-41)40-26(4)19-33(56-40)31-23-30-24-32-38-37(39(30)55-45(31)51)47(10,11)16-18-49(38)17-15-46(32,8)9/h19-24H,12-18,25H2,1-11H3,(H,48,50). The van der Waals surface area contributed by atoms with Gasteiger partial charge >= 0.3 is 14.4 Å². The van der Waals surface area contributed by atoms with Crippen LogP contribution in [-0.2, 0) is 24.1 Å². The second kappa shape index (κ2) is 16.4. The van der Waals surface area contributed by atoms with E-state index in [-0.39, 0.29) is 28.5 Å². The van der Waals surface area contributed by atoms with Crippen molar-refractivity contribution < 1.29 is 22.5 Å². The number of amides is 1. The smallest absolute Gasteiger partial charge is 0.422 e. The fraction of sp³-hybridized carbons (Fsp3) is 0.447. The number of anilines is 1. The molecule has 7 heterocycles. The summed E-state index contributed by atoms with van der Waals surface area (Å²) in [7, 11) is -3.03.